The molecule has 5 atom stereocenters. The molecule has 5 unspecified atom stereocenters. The van der Waals surface area contributed by atoms with Crippen molar-refractivity contribution in [3.63, 3.8) is 0 Å². The van der Waals surface area contributed by atoms with E-state index in [0.717, 1.165) is 12.3 Å². The highest BCUT2D eigenvalue weighted by Gasteiger charge is 2.76. The van der Waals surface area contributed by atoms with Gasteiger partial charge < -0.3 is 5.11 Å². The van der Waals surface area contributed by atoms with Crippen LogP contribution in [0.4, 0.5) is 0 Å². The molecule has 1 N–H and O–H groups in total. The second-order valence-corrected chi connectivity index (χ2v) is 5.15. The van der Waals surface area contributed by atoms with Crippen molar-refractivity contribution in [3.05, 3.63) is 0 Å². The van der Waals surface area contributed by atoms with Crippen molar-refractivity contribution in [1.29, 1.82) is 0 Å². The van der Waals surface area contributed by atoms with Gasteiger partial charge in [-0.2, -0.15) is 12.6 Å². The Bertz CT molecular complexity index is 222. The number of hydrogen-bond acceptors (Lipinski definition) is 2. The van der Waals surface area contributed by atoms with E-state index in [0.29, 0.717) is 11.8 Å². The molecule has 11 heavy (non-hydrogen) atoms. The van der Waals surface area contributed by atoms with Crippen molar-refractivity contribution in [2.45, 2.75) is 29.5 Å². The van der Waals surface area contributed by atoms with E-state index in [4.69, 9.17) is 7.85 Å². The molecule has 3 fully saturated rings. The summed E-state index contributed by atoms with van der Waals surface area (Å²) >= 11 is 4.53. The highest BCUT2D eigenvalue weighted by Crippen LogP contribution is 2.75. The van der Waals surface area contributed by atoms with E-state index in [1.54, 1.807) is 0 Å². The first-order valence-electron chi connectivity index (χ1n) is 4.31. The van der Waals surface area contributed by atoms with Crippen LogP contribution < -0.4 is 0 Å². The summed E-state index contributed by atoms with van der Waals surface area (Å²) in [6.07, 6.45) is 3.34. The first-order valence-corrected chi connectivity index (χ1v) is 4.76. The van der Waals surface area contributed by atoms with E-state index < -0.39 is 5.50 Å². The lowest BCUT2D eigenvalue weighted by atomic mass is 9.30. The minimum atomic E-state index is -0.956. The Labute approximate surface area is 73.4 Å². The van der Waals surface area contributed by atoms with Crippen LogP contribution in [-0.4, -0.2) is 23.2 Å². The van der Waals surface area contributed by atoms with Gasteiger partial charge in [0.05, 0.1) is 0 Å². The molecule has 3 saturated carbocycles. The molecule has 3 rings (SSSR count). The second-order valence-electron chi connectivity index (χ2n) is 4.41. The van der Waals surface area contributed by atoms with E-state index in [-0.39, 0.29) is 4.75 Å². The molecule has 1 nitrogen and oxygen atoms in total. The molecule has 3 heteroatoms. The van der Waals surface area contributed by atoms with E-state index >= 15 is 0 Å². The van der Waals surface area contributed by atoms with Crippen LogP contribution in [0.2, 0.25) is 0 Å². The lowest BCUT2D eigenvalue weighted by molar-refractivity contribution is -0.224. The van der Waals surface area contributed by atoms with Crippen molar-refractivity contribution >= 4 is 20.5 Å². The van der Waals surface area contributed by atoms with Gasteiger partial charge in [0.15, 0.2) is 0 Å². The summed E-state index contributed by atoms with van der Waals surface area (Å²) < 4.78 is -0.198. The zero-order valence-corrected chi connectivity index (χ0v) is 7.22. The maximum atomic E-state index is 9.69. The van der Waals surface area contributed by atoms with Crippen molar-refractivity contribution in [2.24, 2.45) is 17.8 Å². The zero-order valence-electron chi connectivity index (χ0n) is 6.33. The molecule has 3 aliphatic rings. The number of fused-ring (bicyclic) bond motifs is 4. The highest BCUT2D eigenvalue weighted by atomic mass is 32.1. The fourth-order valence-electron chi connectivity index (χ4n) is 3.35. The summed E-state index contributed by atoms with van der Waals surface area (Å²) in [7, 11) is 5.71. The maximum Gasteiger partial charge on any atom is 0.115 e. The van der Waals surface area contributed by atoms with Gasteiger partial charge in [-0.05, 0) is 37.0 Å². The third-order valence-corrected chi connectivity index (χ3v) is 5.25. The van der Waals surface area contributed by atoms with Crippen LogP contribution >= 0.6 is 12.6 Å². The van der Waals surface area contributed by atoms with Gasteiger partial charge in [-0.15, -0.1) is 0 Å². The van der Waals surface area contributed by atoms with Gasteiger partial charge in [0.25, 0.3) is 0 Å². The Morgan fingerprint density at radius 3 is 2.36 bits per heavy atom. The van der Waals surface area contributed by atoms with Gasteiger partial charge in [0.2, 0.25) is 0 Å². The van der Waals surface area contributed by atoms with E-state index in [1.165, 1.54) is 12.8 Å². The van der Waals surface area contributed by atoms with Gasteiger partial charge in [-0.3, -0.25) is 0 Å². The van der Waals surface area contributed by atoms with Crippen LogP contribution in [0, 0.1) is 17.8 Å². The second kappa shape index (κ2) is 1.53. The topological polar surface area (TPSA) is 20.2 Å². The fraction of sp³-hybridized carbons (Fsp3) is 1.00. The van der Waals surface area contributed by atoms with Crippen LogP contribution in [0.25, 0.3) is 0 Å². The minimum Gasteiger partial charge on any atom is -0.398 e. The van der Waals surface area contributed by atoms with E-state index in [1.807, 2.05) is 0 Å². The quantitative estimate of drug-likeness (QED) is 0.398. The van der Waals surface area contributed by atoms with Crippen LogP contribution in [0.15, 0.2) is 0 Å². The summed E-state index contributed by atoms with van der Waals surface area (Å²) in [4.78, 5) is 0. The Morgan fingerprint density at radius 1 is 1.36 bits per heavy atom. The van der Waals surface area contributed by atoms with Gasteiger partial charge in [-0.1, -0.05) is 0 Å². The van der Waals surface area contributed by atoms with Crippen LogP contribution in [0.1, 0.15) is 19.3 Å². The first-order chi connectivity index (χ1) is 5.07. The molecule has 0 aromatic rings. The summed E-state index contributed by atoms with van der Waals surface area (Å²) in [6, 6.07) is 0. The maximum absolute atomic E-state index is 9.69. The molecule has 3 aliphatic carbocycles. The number of thiol groups is 1. The first kappa shape index (κ1) is 6.84. The van der Waals surface area contributed by atoms with Crippen LogP contribution in [0.3, 0.4) is 0 Å². The Balaban J connectivity index is 1.94. The molecule has 0 amide bonds. The summed E-state index contributed by atoms with van der Waals surface area (Å²) in [5.41, 5.74) is -0.956. The SMILES string of the molecule is [B]C1(O)CC2C3CCC3C21S. The van der Waals surface area contributed by atoms with Gasteiger partial charge >= 0.3 is 0 Å². The molecule has 0 heterocycles. The summed E-state index contributed by atoms with van der Waals surface area (Å²) in [5, 5.41) is 9.69. The molecule has 0 bridgehead atoms. The van der Waals surface area contributed by atoms with E-state index in [2.05, 4.69) is 12.6 Å². The van der Waals surface area contributed by atoms with Crippen molar-refractivity contribution in [3.8, 4) is 0 Å². The lowest BCUT2D eigenvalue weighted by Gasteiger charge is -2.78. The van der Waals surface area contributed by atoms with Crippen LogP contribution in [0.5, 0.6) is 0 Å². The molecule has 0 aromatic carbocycles. The number of hydrogen-bond donors (Lipinski definition) is 2. The molecule has 2 radical (unpaired) electrons. The smallest absolute Gasteiger partial charge is 0.115 e. The zero-order chi connectivity index (χ0) is 7.85. The third kappa shape index (κ3) is 0.469. The minimum absolute atomic E-state index is 0.198. The molecule has 0 spiro atoms. The van der Waals surface area contributed by atoms with Crippen molar-refractivity contribution in [2.75, 3.05) is 0 Å². The Hall–Kier alpha value is 0.375. The van der Waals surface area contributed by atoms with E-state index in [9.17, 15) is 5.11 Å². The Morgan fingerprint density at radius 2 is 2.09 bits per heavy atom. The summed E-state index contributed by atoms with van der Waals surface area (Å²) in [6.45, 7) is 0. The summed E-state index contributed by atoms with van der Waals surface area (Å²) in [5.74, 6) is 2.11. The normalized spacial score (nSPS) is 71.6. The number of rotatable bonds is 0. The predicted octanol–water partition coefficient (Wildman–Crippen LogP) is 0.572. The lowest BCUT2D eigenvalue weighted by Crippen LogP contribution is -2.82. The molecule has 0 aliphatic heterocycles. The molecular weight excluding hydrogens is 155 g/mol. The number of aliphatic hydroxyl groups is 1. The van der Waals surface area contributed by atoms with Crippen molar-refractivity contribution < 1.29 is 5.11 Å². The average molecular weight is 166 g/mol. The molecule has 58 valence electrons. The van der Waals surface area contributed by atoms with Crippen LogP contribution in [-0.2, 0) is 0 Å². The molecule has 0 aromatic heterocycles. The average Bonchev–Trinajstić information content (AvgIpc) is 1.84. The fourth-order valence-corrected chi connectivity index (χ4v) is 4.05. The molecular formula is C8H11BOS. The largest absolute Gasteiger partial charge is 0.398 e. The van der Waals surface area contributed by atoms with Gasteiger partial charge in [0.1, 0.15) is 7.85 Å². The van der Waals surface area contributed by atoms with Gasteiger partial charge in [0, 0.05) is 10.2 Å². The Kier molecular flexibility index (Phi) is 0.955. The van der Waals surface area contributed by atoms with Gasteiger partial charge in [-0.25, -0.2) is 0 Å². The highest BCUT2D eigenvalue weighted by molar-refractivity contribution is 7.82. The van der Waals surface area contributed by atoms with Crippen molar-refractivity contribution in [1.82, 2.24) is 0 Å². The standard InChI is InChI=1S/C8H11BOS/c9-7(10)3-6-4-1-2-5(4)8(6,7)11/h4-6,10-11H,1-3H2. The monoisotopic (exact) mass is 166 g/mol. The predicted molar refractivity (Wildman–Crippen MR) is 46.7 cm³/mol. The molecule has 0 saturated heterocycles. The third-order valence-electron chi connectivity index (χ3n) is 4.20.